The lowest BCUT2D eigenvalue weighted by Gasteiger charge is -2.55. The molecule has 0 N–H and O–H groups in total. The molecule has 4 fully saturated rings. The molecule has 15 heavy (non-hydrogen) atoms. The van der Waals surface area contributed by atoms with Gasteiger partial charge in [-0.2, -0.15) is 0 Å². The number of hydrogen-bond donors (Lipinski definition) is 0. The number of rotatable bonds is 2. The highest BCUT2D eigenvalue weighted by Crippen LogP contribution is 2.58. The zero-order valence-corrected chi connectivity index (χ0v) is 8.84. The summed E-state index contributed by atoms with van der Waals surface area (Å²) in [7, 11) is 0. The van der Waals surface area contributed by atoms with Crippen LogP contribution in [0.1, 0.15) is 32.1 Å². The molecule has 4 saturated carbocycles. The van der Waals surface area contributed by atoms with Crippen LogP contribution in [0, 0.1) is 29.6 Å². The SMILES string of the molecule is F[B-](F)(F)CC1C2CC3CC(C2)CC1C3. The fourth-order valence-corrected chi connectivity index (χ4v) is 4.73. The Kier molecular flexibility index (Phi) is 2.12. The van der Waals surface area contributed by atoms with Crippen LogP contribution in [0.5, 0.6) is 0 Å². The van der Waals surface area contributed by atoms with Crippen molar-refractivity contribution >= 4 is 6.98 Å². The second-order valence-electron chi connectivity index (χ2n) is 6.04. The maximum atomic E-state index is 12.5. The molecular formula is C11H17BF3-. The monoisotopic (exact) mass is 217 g/mol. The first-order valence-corrected chi connectivity index (χ1v) is 6.22. The van der Waals surface area contributed by atoms with E-state index in [4.69, 9.17) is 0 Å². The van der Waals surface area contributed by atoms with Crippen LogP contribution in [-0.4, -0.2) is 6.98 Å². The highest BCUT2D eigenvalue weighted by Gasteiger charge is 2.49. The average Bonchev–Trinajstić information content (AvgIpc) is 2.08. The molecule has 0 spiro atoms. The van der Waals surface area contributed by atoms with Gasteiger partial charge in [-0.05, 0) is 55.8 Å². The quantitative estimate of drug-likeness (QED) is 0.615. The van der Waals surface area contributed by atoms with Gasteiger partial charge in [-0.3, -0.25) is 0 Å². The Balaban J connectivity index is 1.75. The van der Waals surface area contributed by atoms with Gasteiger partial charge < -0.3 is 12.9 Å². The van der Waals surface area contributed by atoms with E-state index in [9.17, 15) is 12.9 Å². The van der Waals surface area contributed by atoms with Crippen LogP contribution in [-0.2, 0) is 0 Å². The summed E-state index contributed by atoms with van der Waals surface area (Å²) in [5, 5.41) is 0. The zero-order valence-electron chi connectivity index (χ0n) is 8.84. The molecule has 0 amide bonds. The Hall–Kier alpha value is -0.145. The van der Waals surface area contributed by atoms with Crippen LogP contribution in [0.15, 0.2) is 0 Å². The molecule has 0 heterocycles. The lowest BCUT2D eigenvalue weighted by atomic mass is 9.49. The van der Waals surface area contributed by atoms with E-state index < -0.39 is 13.3 Å². The van der Waals surface area contributed by atoms with E-state index >= 15 is 0 Å². The first kappa shape index (κ1) is 10.0. The van der Waals surface area contributed by atoms with Gasteiger partial charge in [-0.15, -0.1) is 0 Å². The Labute approximate surface area is 88.7 Å². The number of halogens is 3. The van der Waals surface area contributed by atoms with E-state index in [2.05, 4.69) is 0 Å². The van der Waals surface area contributed by atoms with Crippen molar-refractivity contribution in [1.82, 2.24) is 0 Å². The standard InChI is InChI=1S/C11H17BF3/c13-12(14,15)6-11-9-2-7-1-8(4-9)5-10(11)3-7/h7-11H,1-6H2/q-1. The van der Waals surface area contributed by atoms with Gasteiger partial charge in [0.15, 0.2) is 0 Å². The minimum atomic E-state index is -4.56. The van der Waals surface area contributed by atoms with Crippen LogP contribution in [0.2, 0.25) is 6.32 Å². The second-order valence-corrected chi connectivity index (χ2v) is 6.04. The minimum Gasteiger partial charge on any atom is -0.449 e. The summed E-state index contributed by atoms with van der Waals surface area (Å²) in [5.41, 5.74) is 0. The number of hydrogen-bond acceptors (Lipinski definition) is 0. The fraction of sp³-hybridized carbons (Fsp3) is 1.00. The Morgan fingerprint density at radius 3 is 1.67 bits per heavy atom. The molecule has 86 valence electrons. The van der Waals surface area contributed by atoms with Crippen molar-refractivity contribution in [1.29, 1.82) is 0 Å². The minimum absolute atomic E-state index is 0.00204. The van der Waals surface area contributed by atoms with Crippen molar-refractivity contribution in [2.24, 2.45) is 29.6 Å². The smallest absolute Gasteiger partial charge is 0.449 e. The van der Waals surface area contributed by atoms with Gasteiger partial charge in [-0.25, -0.2) is 0 Å². The summed E-state index contributed by atoms with van der Waals surface area (Å²) in [6, 6.07) is 0. The fourth-order valence-electron chi connectivity index (χ4n) is 4.73. The molecule has 4 aliphatic carbocycles. The first-order chi connectivity index (χ1) is 7.01. The largest absolute Gasteiger partial charge is 0.478 e. The molecule has 0 aromatic heterocycles. The lowest BCUT2D eigenvalue weighted by Crippen LogP contribution is -2.46. The summed E-state index contributed by atoms with van der Waals surface area (Å²) in [6.45, 7) is -4.56. The predicted octanol–water partition coefficient (Wildman–Crippen LogP) is 3.91. The van der Waals surface area contributed by atoms with E-state index in [0.29, 0.717) is 11.8 Å². The molecule has 0 saturated heterocycles. The summed E-state index contributed by atoms with van der Waals surface area (Å²) in [5.74, 6) is 2.40. The Bertz CT molecular complexity index is 233. The maximum absolute atomic E-state index is 12.5. The first-order valence-electron chi connectivity index (χ1n) is 6.22. The van der Waals surface area contributed by atoms with Crippen LogP contribution < -0.4 is 0 Å². The van der Waals surface area contributed by atoms with E-state index in [1.165, 1.54) is 6.42 Å². The molecule has 0 aromatic rings. The van der Waals surface area contributed by atoms with Crippen molar-refractivity contribution < 1.29 is 12.9 Å². The molecule has 0 nitrogen and oxygen atoms in total. The van der Waals surface area contributed by atoms with Gasteiger partial charge in [0.2, 0.25) is 0 Å². The Morgan fingerprint density at radius 2 is 1.27 bits per heavy atom. The molecule has 0 unspecified atom stereocenters. The zero-order chi connectivity index (χ0) is 10.6. The van der Waals surface area contributed by atoms with E-state index in [-0.39, 0.29) is 5.92 Å². The second kappa shape index (κ2) is 3.17. The predicted molar refractivity (Wildman–Crippen MR) is 54.4 cm³/mol. The van der Waals surface area contributed by atoms with Crippen molar-refractivity contribution in [3.05, 3.63) is 0 Å². The molecular weight excluding hydrogens is 200 g/mol. The van der Waals surface area contributed by atoms with Crippen LogP contribution >= 0.6 is 0 Å². The third-order valence-electron chi connectivity index (χ3n) is 4.96. The molecule has 0 aromatic carbocycles. The highest BCUT2D eigenvalue weighted by molar-refractivity contribution is 6.58. The van der Waals surface area contributed by atoms with Crippen LogP contribution in [0.25, 0.3) is 0 Å². The normalized spacial score (nSPS) is 48.6. The summed E-state index contributed by atoms with van der Waals surface area (Å²) in [4.78, 5) is 0. The van der Waals surface area contributed by atoms with Crippen molar-refractivity contribution in [2.45, 2.75) is 38.4 Å². The summed E-state index contributed by atoms with van der Waals surface area (Å²) >= 11 is 0. The van der Waals surface area contributed by atoms with E-state index in [1.807, 2.05) is 0 Å². The van der Waals surface area contributed by atoms with Crippen LogP contribution in [0.3, 0.4) is 0 Å². The van der Waals surface area contributed by atoms with E-state index in [0.717, 1.165) is 37.5 Å². The van der Waals surface area contributed by atoms with Crippen molar-refractivity contribution in [3.8, 4) is 0 Å². The molecule has 0 atom stereocenters. The summed E-state index contributed by atoms with van der Waals surface area (Å²) in [6.07, 6.45) is 5.27. The van der Waals surface area contributed by atoms with Gasteiger partial charge in [-0.1, -0.05) is 12.2 Å². The van der Waals surface area contributed by atoms with Gasteiger partial charge in [0.1, 0.15) is 0 Å². The molecule has 4 aliphatic rings. The molecule has 0 aliphatic heterocycles. The maximum Gasteiger partial charge on any atom is 0.478 e. The van der Waals surface area contributed by atoms with E-state index in [1.54, 1.807) is 0 Å². The van der Waals surface area contributed by atoms with Gasteiger partial charge in [0.05, 0.1) is 0 Å². The van der Waals surface area contributed by atoms with Crippen LogP contribution in [0.4, 0.5) is 12.9 Å². The lowest BCUT2D eigenvalue weighted by molar-refractivity contribution is -0.0309. The van der Waals surface area contributed by atoms with Crippen molar-refractivity contribution in [2.75, 3.05) is 0 Å². The van der Waals surface area contributed by atoms with Crippen molar-refractivity contribution in [3.63, 3.8) is 0 Å². The average molecular weight is 217 g/mol. The molecule has 4 rings (SSSR count). The highest BCUT2D eigenvalue weighted by atomic mass is 19.4. The van der Waals surface area contributed by atoms with Gasteiger partial charge >= 0.3 is 6.98 Å². The summed E-state index contributed by atoms with van der Waals surface area (Å²) < 4.78 is 37.6. The third-order valence-corrected chi connectivity index (χ3v) is 4.96. The third kappa shape index (κ3) is 1.80. The topological polar surface area (TPSA) is 0 Å². The molecule has 4 heteroatoms. The molecule has 4 bridgehead atoms. The van der Waals surface area contributed by atoms with Gasteiger partial charge in [0, 0.05) is 0 Å². The molecule has 0 radical (unpaired) electrons. The van der Waals surface area contributed by atoms with Gasteiger partial charge in [0.25, 0.3) is 0 Å². The Morgan fingerprint density at radius 1 is 0.800 bits per heavy atom.